The summed E-state index contributed by atoms with van der Waals surface area (Å²) >= 11 is 5.98. The summed E-state index contributed by atoms with van der Waals surface area (Å²) in [5, 5.41) is 2.57. The lowest BCUT2D eigenvalue weighted by atomic mass is 10.1. The number of ether oxygens (including phenoxy) is 1. The average molecular weight is 375 g/mol. The zero-order valence-corrected chi connectivity index (χ0v) is 13.8. The fourth-order valence-corrected chi connectivity index (χ4v) is 2.36. The minimum atomic E-state index is -4.62. The number of aryl methyl sites for hydroxylation is 1. The molecule has 0 spiro atoms. The van der Waals surface area contributed by atoms with Crippen LogP contribution in [0.4, 0.5) is 18.9 Å². The number of hydrogen-bond acceptors (Lipinski definition) is 3. The van der Waals surface area contributed by atoms with Crippen LogP contribution in [0.15, 0.2) is 35.3 Å². The van der Waals surface area contributed by atoms with Gasteiger partial charge in [-0.1, -0.05) is 17.7 Å². The third-order valence-corrected chi connectivity index (χ3v) is 3.66. The first-order valence-corrected chi connectivity index (χ1v) is 7.50. The second-order valence-electron chi connectivity index (χ2n) is 5.15. The molecule has 1 aromatic carbocycles. The van der Waals surface area contributed by atoms with Crippen molar-refractivity contribution in [2.45, 2.75) is 19.0 Å². The molecule has 1 amide bonds. The van der Waals surface area contributed by atoms with E-state index in [0.29, 0.717) is 29.5 Å². The number of pyridine rings is 1. The van der Waals surface area contributed by atoms with E-state index in [1.165, 1.54) is 7.11 Å². The van der Waals surface area contributed by atoms with Crippen LogP contribution in [0.2, 0.25) is 5.02 Å². The second kappa shape index (κ2) is 7.60. The Kier molecular flexibility index (Phi) is 5.73. The number of rotatable bonds is 5. The van der Waals surface area contributed by atoms with Gasteiger partial charge in [0, 0.05) is 12.6 Å². The number of carbonyl (C=O) groups excluding carboxylic acids is 1. The van der Waals surface area contributed by atoms with Gasteiger partial charge in [-0.15, -0.1) is 0 Å². The van der Waals surface area contributed by atoms with Gasteiger partial charge < -0.3 is 15.0 Å². The van der Waals surface area contributed by atoms with Crippen LogP contribution >= 0.6 is 11.6 Å². The Hall–Kier alpha value is -2.48. The van der Waals surface area contributed by atoms with Gasteiger partial charge in [0.05, 0.1) is 17.7 Å². The quantitative estimate of drug-likeness (QED) is 0.839. The zero-order chi connectivity index (χ0) is 18.6. The van der Waals surface area contributed by atoms with Gasteiger partial charge in [-0.05, 0) is 30.2 Å². The molecule has 134 valence electrons. The molecule has 0 aliphatic carbocycles. The molecular formula is C16H14ClF3N2O3. The molecule has 2 rings (SSSR count). The van der Waals surface area contributed by atoms with Gasteiger partial charge >= 0.3 is 6.18 Å². The third-order valence-electron chi connectivity index (χ3n) is 3.36. The molecule has 0 aliphatic rings. The Labute approximate surface area is 145 Å². The molecule has 0 bridgehead atoms. The van der Waals surface area contributed by atoms with E-state index in [-0.39, 0.29) is 6.42 Å². The number of aromatic amines is 1. The van der Waals surface area contributed by atoms with E-state index >= 15 is 0 Å². The fraction of sp³-hybridized carbons (Fsp3) is 0.250. The van der Waals surface area contributed by atoms with E-state index in [2.05, 4.69) is 5.32 Å². The molecule has 0 radical (unpaired) electrons. The highest BCUT2D eigenvalue weighted by molar-refractivity contribution is 6.32. The average Bonchev–Trinajstić information content (AvgIpc) is 2.54. The van der Waals surface area contributed by atoms with E-state index in [0.717, 1.165) is 5.56 Å². The number of alkyl halides is 3. The largest absolute Gasteiger partial charge is 0.495 e. The maximum atomic E-state index is 12.6. The molecule has 0 fully saturated rings. The van der Waals surface area contributed by atoms with E-state index in [1.54, 1.807) is 18.2 Å². The molecular weight excluding hydrogens is 361 g/mol. The number of halogens is 4. The number of amides is 1. The molecule has 2 N–H and O–H groups in total. The van der Waals surface area contributed by atoms with Gasteiger partial charge in [-0.25, -0.2) is 0 Å². The predicted octanol–water partition coefficient (Wildman–Crippen LogP) is 3.63. The van der Waals surface area contributed by atoms with Gasteiger partial charge in [0.2, 0.25) is 5.91 Å². The first kappa shape index (κ1) is 18.9. The molecule has 0 saturated heterocycles. The lowest BCUT2D eigenvalue weighted by molar-refractivity contribution is -0.137. The minimum absolute atomic E-state index is 0.0294. The first-order valence-electron chi connectivity index (χ1n) is 7.13. The number of methoxy groups -OCH3 is 1. The maximum Gasteiger partial charge on any atom is 0.417 e. The number of H-pyrrole nitrogens is 1. The van der Waals surface area contributed by atoms with Crippen molar-refractivity contribution < 1.29 is 22.7 Å². The van der Waals surface area contributed by atoms with Gasteiger partial charge in [-0.2, -0.15) is 13.2 Å². The van der Waals surface area contributed by atoms with Crippen LogP contribution in [0.1, 0.15) is 17.5 Å². The van der Waals surface area contributed by atoms with Crippen molar-refractivity contribution in [2.24, 2.45) is 0 Å². The number of hydrogen-bond donors (Lipinski definition) is 2. The van der Waals surface area contributed by atoms with Crippen LogP contribution in [0, 0.1) is 0 Å². The smallest absolute Gasteiger partial charge is 0.417 e. The van der Waals surface area contributed by atoms with Crippen molar-refractivity contribution in [2.75, 3.05) is 12.4 Å². The number of nitrogens with one attached hydrogen (secondary N) is 2. The highest BCUT2D eigenvalue weighted by Crippen LogP contribution is 2.29. The van der Waals surface area contributed by atoms with Crippen LogP contribution in [0.25, 0.3) is 0 Å². The van der Waals surface area contributed by atoms with Crippen molar-refractivity contribution in [1.29, 1.82) is 0 Å². The van der Waals surface area contributed by atoms with E-state index < -0.39 is 28.9 Å². The molecule has 5 nitrogen and oxygen atoms in total. The number of anilines is 1. The normalized spacial score (nSPS) is 11.2. The second-order valence-corrected chi connectivity index (χ2v) is 5.55. The Balaban J connectivity index is 2.03. The van der Waals surface area contributed by atoms with Gasteiger partial charge in [0.15, 0.2) is 0 Å². The van der Waals surface area contributed by atoms with E-state index in [4.69, 9.17) is 16.3 Å². The summed E-state index contributed by atoms with van der Waals surface area (Å²) in [6.07, 6.45) is -3.80. The van der Waals surface area contributed by atoms with Crippen LogP contribution in [0.5, 0.6) is 5.75 Å². The van der Waals surface area contributed by atoms with Crippen LogP contribution in [-0.4, -0.2) is 18.0 Å². The Bertz CT molecular complexity index is 834. The van der Waals surface area contributed by atoms with Gasteiger partial charge in [0.25, 0.3) is 5.56 Å². The van der Waals surface area contributed by atoms with Gasteiger partial charge in [-0.3, -0.25) is 9.59 Å². The molecule has 0 aliphatic heterocycles. The van der Waals surface area contributed by atoms with E-state index in [1.807, 2.05) is 4.98 Å². The van der Waals surface area contributed by atoms with Crippen molar-refractivity contribution in [1.82, 2.24) is 4.98 Å². The summed E-state index contributed by atoms with van der Waals surface area (Å²) in [5.41, 5.74) is -1.57. The standard InChI is InChI=1S/C16H14ClF3N2O3/c1-25-13-4-2-9(6-11(13)17)3-5-14(23)22-12-7-10(16(18,19)20)8-21-15(12)24/h2,4,6-8H,3,5H2,1H3,(H,21,24)(H,22,23). The van der Waals surface area contributed by atoms with Crippen molar-refractivity contribution in [3.05, 3.63) is 57.0 Å². The molecule has 9 heteroatoms. The minimum Gasteiger partial charge on any atom is -0.495 e. The third kappa shape index (κ3) is 4.99. The van der Waals surface area contributed by atoms with Crippen molar-refractivity contribution in [3.8, 4) is 5.75 Å². The lowest BCUT2D eigenvalue weighted by Gasteiger charge is -2.09. The topological polar surface area (TPSA) is 71.2 Å². The first-order chi connectivity index (χ1) is 11.7. The Morgan fingerprint density at radius 3 is 2.64 bits per heavy atom. The Morgan fingerprint density at radius 1 is 1.32 bits per heavy atom. The summed E-state index contributed by atoms with van der Waals surface area (Å²) in [6.45, 7) is 0. The van der Waals surface area contributed by atoms with Crippen molar-refractivity contribution in [3.63, 3.8) is 0 Å². The zero-order valence-electron chi connectivity index (χ0n) is 13.0. The summed E-state index contributed by atoms with van der Waals surface area (Å²) in [5.74, 6) is -0.0952. The predicted molar refractivity (Wildman–Crippen MR) is 87.0 cm³/mol. The molecule has 1 aromatic heterocycles. The molecule has 1 heterocycles. The Morgan fingerprint density at radius 2 is 2.04 bits per heavy atom. The van der Waals surface area contributed by atoms with Crippen LogP contribution < -0.4 is 15.6 Å². The molecule has 2 aromatic rings. The molecule has 0 saturated carbocycles. The number of aromatic nitrogens is 1. The SMILES string of the molecule is COc1ccc(CCC(=O)Nc2cc(C(F)(F)F)c[nH]c2=O)cc1Cl. The molecule has 0 unspecified atom stereocenters. The number of carbonyl (C=O) groups is 1. The molecule has 0 atom stereocenters. The van der Waals surface area contributed by atoms with E-state index in [9.17, 15) is 22.8 Å². The van der Waals surface area contributed by atoms with Crippen LogP contribution in [0.3, 0.4) is 0 Å². The fourth-order valence-electron chi connectivity index (χ4n) is 2.08. The lowest BCUT2D eigenvalue weighted by Crippen LogP contribution is -2.21. The highest BCUT2D eigenvalue weighted by Gasteiger charge is 2.31. The monoisotopic (exact) mass is 374 g/mol. The van der Waals surface area contributed by atoms with Gasteiger partial charge in [0.1, 0.15) is 11.4 Å². The molecule has 25 heavy (non-hydrogen) atoms. The summed E-state index contributed by atoms with van der Waals surface area (Å²) in [7, 11) is 1.47. The number of benzene rings is 1. The summed E-state index contributed by atoms with van der Waals surface area (Å²) in [6, 6.07) is 5.59. The summed E-state index contributed by atoms with van der Waals surface area (Å²) < 4.78 is 43.0. The van der Waals surface area contributed by atoms with Crippen LogP contribution in [-0.2, 0) is 17.4 Å². The maximum absolute atomic E-state index is 12.6. The van der Waals surface area contributed by atoms with Crippen molar-refractivity contribution >= 4 is 23.2 Å². The summed E-state index contributed by atoms with van der Waals surface area (Å²) in [4.78, 5) is 25.4. The highest BCUT2D eigenvalue weighted by atomic mass is 35.5.